The number of hydrogen-bond acceptors (Lipinski definition) is 4. The topological polar surface area (TPSA) is 86.6 Å². The maximum atomic E-state index is 10.7. The van der Waals surface area contributed by atoms with Gasteiger partial charge in [0.05, 0.1) is 6.61 Å². The molecule has 0 aliphatic carbocycles. The summed E-state index contributed by atoms with van der Waals surface area (Å²) < 4.78 is 0. The van der Waals surface area contributed by atoms with Crippen LogP contribution in [0.25, 0.3) is 0 Å². The first-order chi connectivity index (χ1) is 7.07. The van der Waals surface area contributed by atoms with Gasteiger partial charge in [-0.1, -0.05) is 12.2 Å². The lowest BCUT2D eigenvalue weighted by atomic mass is 10.3. The number of aliphatic carboxylic acids is 1. The molecular weight excluding hydrogens is 218 g/mol. The van der Waals surface area contributed by atoms with Crippen molar-refractivity contribution in [2.24, 2.45) is 0 Å². The summed E-state index contributed by atoms with van der Waals surface area (Å²) in [5, 5.41) is 19.5. The average molecular weight is 233 g/mol. The third-order valence-corrected chi connectivity index (χ3v) is 2.44. The lowest BCUT2D eigenvalue weighted by Crippen LogP contribution is -2.41. The highest BCUT2D eigenvalue weighted by Crippen LogP contribution is 2.03. The summed E-state index contributed by atoms with van der Waals surface area (Å²) in [6, 6.07) is -0.852. The lowest BCUT2D eigenvalue weighted by Gasteiger charge is -2.11. The van der Waals surface area contributed by atoms with Crippen LogP contribution in [-0.4, -0.2) is 46.2 Å². The van der Waals surface area contributed by atoms with Crippen molar-refractivity contribution in [3.63, 3.8) is 0 Å². The maximum absolute atomic E-state index is 10.7. The SMILES string of the molecule is CC(=O)N[C@@H](CSC/C=C/CO)C(=O)O. The van der Waals surface area contributed by atoms with Gasteiger partial charge in [0.2, 0.25) is 5.91 Å². The van der Waals surface area contributed by atoms with E-state index in [1.807, 2.05) is 0 Å². The molecule has 0 spiro atoms. The molecule has 3 N–H and O–H groups in total. The monoisotopic (exact) mass is 233 g/mol. The first-order valence-corrected chi connectivity index (χ1v) is 5.57. The van der Waals surface area contributed by atoms with Gasteiger partial charge in [-0.25, -0.2) is 4.79 Å². The normalized spacial score (nSPS) is 12.7. The van der Waals surface area contributed by atoms with Crippen molar-refractivity contribution in [2.75, 3.05) is 18.1 Å². The quantitative estimate of drug-likeness (QED) is 0.421. The second kappa shape index (κ2) is 8.31. The first kappa shape index (κ1) is 14.0. The number of aliphatic hydroxyl groups is 1. The van der Waals surface area contributed by atoms with Crippen LogP contribution < -0.4 is 5.32 Å². The Morgan fingerprint density at radius 3 is 2.60 bits per heavy atom. The van der Waals surface area contributed by atoms with E-state index in [0.717, 1.165) is 0 Å². The van der Waals surface area contributed by atoms with Gasteiger partial charge < -0.3 is 15.5 Å². The van der Waals surface area contributed by atoms with Crippen LogP contribution in [0.3, 0.4) is 0 Å². The van der Waals surface area contributed by atoms with Crippen LogP contribution in [-0.2, 0) is 9.59 Å². The van der Waals surface area contributed by atoms with Gasteiger partial charge in [0.1, 0.15) is 6.04 Å². The molecular formula is C9H15NO4S. The van der Waals surface area contributed by atoms with E-state index in [9.17, 15) is 9.59 Å². The second-order valence-corrected chi connectivity index (χ2v) is 3.86. The zero-order valence-electron chi connectivity index (χ0n) is 8.47. The molecule has 0 saturated carbocycles. The van der Waals surface area contributed by atoms with Crippen LogP contribution >= 0.6 is 11.8 Å². The van der Waals surface area contributed by atoms with E-state index in [2.05, 4.69) is 5.32 Å². The molecule has 0 aromatic heterocycles. The molecule has 0 radical (unpaired) electrons. The molecule has 0 bridgehead atoms. The minimum Gasteiger partial charge on any atom is -0.480 e. The zero-order valence-corrected chi connectivity index (χ0v) is 9.29. The van der Waals surface area contributed by atoms with Gasteiger partial charge in [-0.2, -0.15) is 11.8 Å². The number of rotatable bonds is 7. The lowest BCUT2D eigenvalue weighted by molar-refractivity contribution is -0.140. The molecule has 0 aliphatic heterocycles. The molecule has 15 heavy (non-hydrogen) atoms. The zero-order chi connectivity index (χ0) is 11.7. The van der Waals surface area contributed by atoms with E-state index in [-0.39, 0.29) is 12.5 Å². The smallest absolute Gasteiger partial charge is 0.327 e. The highest BCUT2D eigenvalue weighted by molar-refractivity contribution is 7.99. The van der Waals surface area contributed by atoms with Gasteiger partial charge in [-0.15, -0.1) is 0 Å². The summed E-state index contributed by atoms with van der Waals surface area (Å²) in [4.78, 5) is 21.3. The summed E-state index contributed by atoms with van der Waals surface area (Å²) in [6.45, 7) is 1.26. The van der Waals surface area contributed by atoms with Crippen LogP contribution in [0.1, 0.15) is 6.92 Å². The molecule has 0 aliphatic rings. The Hall–Kier alpha value is -1.01. The molecule has 1 atom stereocenters. The summed E-state index contributed by atoms with van der Waals surface area (Å²) >= 11 is 1.38. The minimum absolute atomic E-state index is 0.0192. The van der Waals surface area contributed by atoms with Crippen molar-refractivity contribution in [2.45, 2.75) is 13.0 Å². The highest BCUT2D eigenvalue weighted by Gasteiger charge is 2.17. The van der Waals surface area contributed by atoms with Gasteiger partial charge >= 0.3 is 5.97 Å². The van der Waals surface area contributed by atoms with Crippen molar-refractivity contribution in [3.05, 3.63) is 12.2 Å². The number of aliphatic hydroxyl groups excluding tert-OH is 1. The largest absolute Gasteiger partial charge is 0.480 e. The Labute approximate surface area is 92.6 Å². The van der Waals surface area contributed by atoms with Crippen molar-refractivity contribution < 1.29 is 19.8 Å². The van der Waals surface area contributed by atoms with Crippen molar-refractivity contribution in [1.82, 2.24) is 5.32 Å². The van der Waals surface area contributed by atoms with Gasteiger partial charge in [0.25, 0.3) is 0 Å². The molecule has 0 unspecified atom stereocenters. The predicted octanol–water partition coefficient (Wildman–Crippen LogP) is -0.143. The molecule has 0 aromatic carbocycles. The third-order valence-electron chi connectivity index (χ3n) is 1.45. The van der Waals surface area contributed by atoms with Crippen LogP contribution in [0.5, 0.6) is 0 Å². The number of thioether (sulfide) groups is 1. The van der Waals surface area contributed by atoms with E-state index in [1.54, 1.807) is 12.2 Å². The van der Waals surface area contributed by atoms with Gasteiger partial charge in [0.15, 0.2) is 0 Å². The predicted molar refractivity (Wildman–Crippen MR) is 58.8 cm³/mol. The van der Waals surface area contributed by atoms with Gasteiger partial charge in [-0.3, -0.25) is 4.79 Å². The molecule has 0 fully saturated rings. The van der Waals surface area contributed by atoms with Crippen molar-refractivity contribution >= 4 is 23.6 Å². The number of carbonyl (C=O) groups is 2. The number of carboxylic acids is 1. The Kier molecular flexibility index (Phi) is 7.75. The molecule has 86 valence electrons. The molecule has 1 amide bonds. The van der Waals surface area contributed by atoms with E-state index < -0.39 is 12.0 Å². The van der Waals surface area contributed by atoms with Crippen LogP contribution in [0.15, 0.2) is 12.2 Å². The molecule has 0 saturated heterocycles. The van der Waals surface area contributed by atoms with Crippen LogP contribution in [0.4, 0.5) is 0 Å². The molecule has 0 heterocycles. The standard InChI is InChI=1S/C9H15NO4S/c1-7(12)10-8(9(13)14)6-15-5-3-2-4-11/h2-3,8,11H,4-6H2,1H3,(H,10,12)(H,13,14)/b3-2+/t8-/m0/s1. The number of nitrogens with one attached hydrogen (secondary N) is 1. The fourth-order valence-electron chi connectivity index (χ4n) is 0.817. The number of carboxylic acid groups (broad SMARTS) is 1. The Bertz CT molecular complexity index is 242. The molecule has 0 rings (SSSR count). The van der Waals surface area contributed by atoms with Crippen LogP contribution in [0.2, 0.25) is 0 Å². The van der Waals surface area contributed by atoms with E-state index in [1.165, 1.54) is 18.7 Å². The molecule has 6 heteroatoms. The number of amides is 1. The first-order valence-electron chi connectivity index (χ1n) is 4.41. The number of carbonyl (C=O) groups excluding carboxylic acids is 1. The van der Waals surface area contributed by atoms with E-state index in [4.69, 9.17) is 10.2 Å². The average Bonchev–Trinajstić information content (AvgIpc) is 2.15. The maximum Gasteiger partial charge on any atom is 0.327 e. The third kappa shape index (κ3) is 8.02. The van der Waals surface area contributed by atoms with E-state index >= 15 is 0 Å². The Balaban J connectivity index is 3.81. The highest BCUT2D eigenvalue weighted by atomic mass is 32.2. The Morgan fingerprint density at radius 2 is 2.13 bits per heavy atom. The Morgan fingerprint density at radius 1 is 1.47 bits per heavy atom. The fraction of sp³-hybridized carbons (Fsp3) is 0.556. The second-order valence-electron chi connectivity index (χ2n) is 2.78. The number of hydrogen-bond donors (Lipinski definition) is 3. The summed E-state index contributed by atoms with van der Waals surface area (Å²) in [5.74, 6) is -0.466. The minimum atomic E-state index is -1.04. The summed E-state index contributed by atoms with van der Waals surface area (Å²) in [6.07, 6.45) is 3.33. The summed E-state index contributed by atoms with van der Waals surface area (Å²) in [7, 11) is 0. The van der Waals surface area contributed by atoms with Gasteiger partial charge in [-0.05, 0) is 0 Å². The molecule has 5 nitrogen and oxygen atoms in total. The fourth-order valence-corrected chi connectivity index (χ4v) is 1.69. The van der Waals surface area contributed by atoms with Crippen LogP contribution in [0, 0.1) is 0 Å². The molecule has 0 aromatic rings. The van der Waals surface area contributed by atoms with Gasteiger partial charge in [0, 0.05) is 18.4 Å². The summed E-state index contributed by atoms with van der Waals surface area (Å²) in [5.41, 5.74) is 0. The van der Waals surface area contributed by atoms with E-state index in [0.29, 0.717) is 11.5 Å². The van der Waals surface area contributed by atoms with Crippen molar-refractivity contribution in [1.29, 1.82) is 0 Å². The van der Waals surface area contributed by atoms with Crippen molar-refractivity contribution in [3.8, 4) is 0 Å².